The highest BCUT2D eigenvalue weighted by atomic mass is 16.2. The molecule has 0 unspecified atom stereocenters. The predicted octanol–water partition coefficient (Wildman–Crippen LogP) is 2.57. The van der Waals surface area contributed by atoms with Crippen molar-refractivity contribution >= 4 is 17.8 Å². The molecule has 2 heterocycles. The van der Waals surface area contributed by atoms with E-state index in [2.05, 4.69) is 15.6 Å². The number of benzene rings is 1. The fourth-order valence-corrected chi connectivity index (χ4v) is 2.78. The van der Waals surface area contributed by atoms with Gasteiger partial charge in [0.15, 0.2) is 0 Å². The van der Waals surface area contributed by atoms with E-state index in [1.54, 1.807) is 29.3 Å². The van der Waals surface area contributed by atoms with Gasteiger partial charge in [-0.05, 0) is 24.1 Å². The number of hydrogen-bond acceptors (Lipinski definition) is 3. The van der Waals surface area contributed by atoms with Crippen LogP contribution in [0.15, 0.2) is 54.7 Å². The first kappa shape index (κ1) is 16.0. The summed E-state index contributed by atoms with van der Waals surface area (Å²) in [5.74, 6) is 0.627. The topological polar surface area (TPSA) is 74.3 Å². The van der Waals surface area contributed by atoms with Gasteiger partial charge in [-0.3, -0.25) is 10.1 Å². The Bertz CT molecular complexity index is 691. The molecule has 2 aromatic rings. The third kappa shape index (κ3) is 4.10. The largest absolute Gasteiger partial charge is 0.340 e. The Morgan fingerprint density at radius 1 is 1.17 bits per heavy atom. The first-order chi connectivity index (χ1) is 11.7. The van der Waals surface area contributed by atoms with Gasteiger partial charge in [-0.1, -0.05) is 36.4 Å². The SMILES string of the molecule is O=C(Nc1ccccn1)N[C@H](CN1CCCC1=O)c1ccccc1. The second-order valence-corrected chi connectivity index (χ2v) is 5.72. The van der Waals surface area contributed by atoms with E-state index in [1.807, 2.05) is 30.3 Å². The third-order valence-electron chi connectivity index (χ3n) is 3.99. The maximum atomic E-state index is 12.3. The van der Waals surface area contributed by atoms with Crippen LogP contribution in [-0.2, 0) is 4.79 Å². The Balaban J connectivity index is 1.69. The molecule has 24 heavy (non-hydrogen) atoms. The quantitative estimate of drug-likeness (QED) is 0.887. The molecule has 0 bridgehead atoms. The maximum absolute atomic E-state index is 12.3. The molecule has 0 saturated carbocycles. The van der Waals surface area contributed by atoms with Crippen molar-refractivity contribution in [1.29, 1.82) is 0 Å². The van der Waals surface area contributed by atoms with Gasteiger partial charge in [0, 0.05) is 25.7 Å². The monoisotopic (exact) mass is 324 g/mol. The average molecular weight is 324 g/mol. The summed E-state index contributed by atoms with van der Waals surface area (Å²) in [7, 11) is 0. The highest BCUT2D eigenvalue weighted by Gasteiger charge is 2.25. The molecule has 6 heteroatoms. The van der Waals surface area contributed by atoms with Gasteiger partial charge in [-0.15, -0.1) is 0 Å². The molecule has 1 aromatic heterocycles. The molecule has 1 atom stereocenters. The summed E-state index contributed by atoms with van der Waals surface area (Å²) >= 11 is 0. The van der Waals surface area contributed by atoms with Crippen LogP contribution in [0, 0.1) is 0 Å². The highest BCUT2D eigenvalue weighted by molar-refractivity contribution is 5.88. The van der Waals surface area contributed by atoms with E-state index in [9.17, 15) is 9.59 Å². The van der Waals surface area contributed by atoms with E-state index < -0.39 is 0 Å². The van der Waals surface area contributed by atoms with Gasteiger partial charge < -0.3 is 10.2 Å². The number of amides is 3. The summed E-state index contributed by atoms with van der Waals surface area (Å²) in [4.78, 5) is 30.1. The number of nitrogens with one attached hydrogen (secondary N) is 2. The average Bonchev–Trinajstić information content (AvgIpc) is 3.01. The third-order valence-corrected chi connectivity index (χ3v) is 3.99. The molecule has 0 spiro atoms. The molecule has 0 radical (unpaired) electrons. The van der Waals surface area contributed by atoms with Crippen LogP contribution < -0.4 is 10.6 Å². The van der Waals surface area contributed by atoms with Gasteiger partial charge in [0.05, 0.1) is 6.04 Å². The molecule has 3 rings (SSSR count). The molecule has 1 aliphatic rings. The number of pyridine rings is 1. The smallest absolute Gasteiger partial charge is 0.320 e. The zero-order chi connectivity index (χ0) is 16.8. The lowest BCUT2D eigenvalue weighted by atomic mass is 10.1. The lowest BCUT2D eigenvalue weighted by Crippen LogP contribution is -2.40. The zero-order valence-corrected chi connectivity index (χ0v) is 13.3. The minimum Gasteiger partial charge on any atom is -0.340 e. The maximum Gasteiger partial charge on any atom is 0.320 e. The molecule has 1 fully saturated rings. The Hall–Kier alpha value is -2.89. The number of hydrogen-bond donors (Lipinski definition) is 2. The van der Waals surface area contributed by atoms with Gasteiger partial charge in [0.1, 0.15) is 5.82 Å². The number of urea groups is 1. The van der Waals surface area contributed by atoms with Gasteiger partial charge in [0.25, 0.3) is 0 Å². The van der Waals surface area contributed by atoms with Gasteiger partial charge in [-0.25, -0.2) is 9.78 Å². The number of carbonyl (C=O) groups is 2. The second kappa shape index (κ2) is 7.59. The van der Waals surface area contributed by atoms with E-state index in [-0.39, 0.29) is 18.0 Å². The Labute approximate surface area is 140 Å². The number of likely N-dealkylation sites (tertiary alicyclic amines) is 1. The Morgan fingerprint density at radius 2 is 1.96 bits per heavy atom. The van der Waals surface area contributed by atoms with Gasteiger partial charge >= 0.3 is 6.03 Å². The predicted molar refractivity (Wildman–Crippen MR) is 91.4 cm³/mol. The fraction of sp³-hybridized carbons (Fsp3) is 0.278. The summed E-state index contributed by atoms with van der Waals surface area (Å²) in [6.07, 6.45) is 3.08. The van der Waals surface area contributed by atoms with Crippen molar-refractivity contribution in [2.45, 2.75) is 18.9 Å². The molecule has 3 amide bonds. The van der Waals surface area contributed by atoms with E-state index in [0.717, 1.165) is 18.5 Å². The van der Waals surface area contributed by atoms with E-state index in [0.29, 0.717) is 18.8 Å². The number of rotatable bonds is 5. The van der Waals surface area contributed by atoms with E-state index in [1.165, 1.54) is 0 Å². The van der Waals surface area contributed by atoms with Crippen LogP contribution in [0.3, 0.4) is 0 Å². The number of anilines is 1. The van der Waals surface area contributed by atoms with Crippen LogP contribution in [0.4, 0.5) is 10.6 Å². The molecule has 124 valence electrons. The Kier molecular flexibility index (Phi) is 5.05. The lowest BCUT2D eigenvalue weighted by molar-refractivity contribution is -0.128. The zero-order valence-electron chi connectivity index (χ0n) is 13.3. The number of aromatic nitrogens is 1. The van der Waals surface area contributed by atoms with Crippen molar-refractivity contribution in [3.8, 4) is 0 Å². The summed E-state index contributed by atoms with van der Waals surface area (Å²) in [6, 6.07) is 14.4. The molecular weight excluding hydrogens is 304 g/mol. The van der Waals surface area contributed by atoms with E-state index in [4.69, 9.17) is 0 Å². The van der Waals surface area contributed by atoms with Crippen LogP contribution in [0.1, 0.15) is 24.4 Å². The van der Waals surface area contributed by atoms with Crippen LogP contribution >= 0.6 is 0 Å². The van der Waals surface area contributed by atoms with Crippen LogP contribution in [0.25, 0.3) is 0 Å². The highest BCUT2D eigenvalue weighted by Crippen LogP contribution is 2.18. The van der Waals surface area contributed by atoms with Crippen molar-refractivity contribution in [3.63, 3.8) is 0 Å². The molecule has 0 aliphatic carbocycles. The normalized spacial score (nSPS) is 15.2. The summed E-state index contributed by atoms with van der Waals surface area (Å²) in [5.41, 5.74) is 0.966. The van der Waals surface area contributed by atoms with Crippen LogP contribution in [0.2, 0.25) is 0 Å². The summed E-state index contributed by atoms with van der Waals surface area (Å²) in [6.45, 7) is 1.21. The minimum absolute atomic E-state index is 0.142. The molecule has 6 nitrogen and oxygen atoms in total. The number of nitrogens with zero attached hydrogens (tertiary/aromatic N) is 2. The Morgan fingerprint density at radius 3 is 2.62 bits per heavy atom. The molecule has 2 N–H and O–H groups in total. The van der Waals surface area contributed by atoms with Crippen molar-refractivity contribution in [3.05, 3.63) is 60.3 Å². The van der Waals surface area contributed by atoms with Gasteiger partial charge in [0.2, 0.25) is 5.91 Å². The van der Waals surface area contributed by atoms with Crippen molar-refractivity contribution < 1.29 is 9.59 Å². The van der Waals surface area contributed by atoms with Crippen LogP contribution in [-0.4, -0.2) is 34.9 Å². The molecule has 1 aliphatic heterocycles. The standard InChI is InChI=1S/C18H20N4O2/c23-17-10-6-12-22(17)13-15(14-7-2-1-3-8-14)20-18(24)21-16-9-4-5-11-19-16/h1-5,7-9,11,15H,6,10,12-13H2,(H2,19,20,21,24)/t15-/m1/s1. The first-order valence-corrected chi connectivity index (χ1v) is 8.03. The first-order valence-electron chi connectivity index (χ1n) is 8.03. The molecule has 1 aromatic carbocycles. The fourth-order valence-electron chi connectivity index (χ4n) is 2.78. The molecule has 1 saturated heterocycles. The minimum atomic E-state index is -0.339. The van der Waals surface area contributed by atoms with Gasteiger partial charge in [-0.2, -0.15) is 0 Å². The summed E-state index contributed by atoms with van der Waals surface area (Å²) < 4.78 is 0. The van der Waals surface area contributed by atoms with Crippen molar-refractivity contribution in [1.82, 2.24) is 15.2 Å². The van der Waals surface area contributed by atoms with E-state index >= 15 is 0 Å². The van der Waals surface area contributed by atoms with Crippen molar-refractivity contribution in [2.75, 3.05) is 18.4 Å². The second-order valence-electron chi connectivity index (χ2n) is 5.72. The number of carbonyl (C=O) groups excluding carboxylic acids is 2. The lowest BCUT2D eigenvalue weighted by Gasteiger charge is -2.25. The van der Waals surface area contributed by atoms with Crippen molar-refractivity contribution in [2.24, 2.45) is 0 Å². The van der Waals surface area contributed by atoms with Crippen LogP contribution in [0.5, 0.6) is 0 Å². The molecular formula is C18H20N4O2. The summed E-state index contributed by atoms with van der Waals surface area (Å²) in [5, 5.41) is 5.66.